The number of piperidine rings is 1. The van der Waals surface area contributed by atoms with Crippen LogP contribution in [0.2, 0.25) is 0 Å². The Kier molecular flexibility index (Phi) is 5.85. The van der Waals surface area contributed by atoms with E-state index < -0.39 is 15.1 Å². The van der Waals surface area contributed by atoms with Gasteiger partial charge in [0.25, 0.3) is 0 Å². The average molecular weight is 439 g/mol. The standard InChI is InChI=1S/C20H30N4O3S2/c1-4-17-11-18-19(28-17)5-10-27-20(18)6-8-23(9-7-20)13-16-14-24(22-21-16)12-15(2)29(3,25)26/h11,14-15H,4-10,12-13H2,1-3H3. The zero-order valence-corrected chi connectivity index (χ0v) is 19.1. The van der Waals surface area contributed by atoms with Gasteiger partial charge in [0.15, 0.2) is 9.84 Å². The Morgan fingerprint density at radius 3 is 2.79 bits per heavy atom. The summed E-state index contributed by atoms with van der Waals surface area (Å²) in [5.41, 5.74) is 2.21. The molecule has 9 heteroatoms. The molecule has 2 aromatic heterocycles. The van der Waals surface area contributed by atoms with Gasteiger partial charge in [-0.2, -0.15) is 0 Å². The molecular weight excluding hydrogens is 408 g/mol. The Bertz CT molecular complexity index is 958. The van der Waals surface area contributed by atoms with Crippen molar-refractivity contribution in [2.45, 2.75) is 63.5 Å². The van der Waals surface area contributed by atoms with Crippen LogP contribution < -0.4 is 0 Å². The van der Waals surface area contributed by atoms with Crippen LogP contribution in [0.4, 0.5) is 0 Å². The van der Waals surface area contributed by atoms with Crippen molar-refractivity contribution >= 4 is 21.2 Å². The number of hydrogen-bond donors (Lipinski definition) is 0. The number of sulfone groups is 1. The summed E-state index contributed by atoms with van der Waals surface area (Å²) in [5.74, 6) is 0. The van der Waals surface area contributed by atoms with E-state index in [1.807, 2.05) is 17.5 Å². The minimum absolute atomic E-state index is 0.115. The fourth-order valence-electron chi connectivity index (χ4n) is 4.26. The normalized spacial score (nSPS) is 20.7. The largest absolute Gasteiger partial charge is 0.370 e. The second-order valence-corrected chi connectivity index (χ2v) is 12.0. The third-order valence-electron chi connectivity index (χ3n) is 6.22. The van der Waals surface area contributed by atoms with Crippen LogP contribution in [0.25, 0.3) is 0 Å². The molecule has 2 aromatic rings. The van der Waals surface area contributed by atoms with Crippen molar-refractivity contribution in [3.8, 4) is 0 Å². The van der Waals surface area contributed by atoms with E-state index in [9.17, 15) is 8.42 Å². The molecule has 1 atom stereocenters. The summed E-state index contributed by atoms with van der Waals surface area (Å²) < 4.78 is 31.3. The highest BCUT2D eigenvalue weighted by Gasteiger charge is 2.41. The Morgan fingerprint density at radius 2 is 2.10 bits per heavy atom. The van der Waals surface area contributed by atoms with E-state index in [4.69, 9.17) is 4.74 Å². The van der Waals surface area contributed by atoms with Crippen molar-refractivity contribution in [2.24, 2.45) is 0 Å². The number of aromatic nitrogens is 3. The maximum Gasteiger partial charge on any atom is 0.151 e. The second kappa shape index (κ2) is 8.09. The van der Waals surface area contributed by atoms with Gasteiger partial charge in [0, 0.05) is 48.3 Å². The second-order valence-electron chi connectivity index (χ2n) is 8.34. The number of rotatable bonds is 6. The van der Waals surface area contributed by atoms with Crippen molar-refractivity contribution in [3.63, 3.8) is 0 Å². The SMILES string of the molecule is CCc1cc2c(s1)CCOC21CCN(Cc2cn(CC(C)S(C)(=O)=O)nn2)CC1. The smallest absolute Gasteiger partial charge is 0.151 e. The Balaban J connectivity index is 1.37. The van der Waals surface area contributed by atoms with Crippen LogP contribution >= 0.6 is 11.3 Å². The Morgan fingerprint density at radius 1 is 1.34 bits per heavy atom. The molecule has 0 radical (unpaired) electrons. The number of aryl methyl sites for hydroxylation is 1. The summed E-state index contributed by atoms with van der Waals surface area (Å²) in [4.78, 5) is 5.37. The van der Waals surface area contributed by atoms with Crippen molar-refractivity contribution < 1.29 is 13.2 Å². The first kappa shape index (κ1) is 21.0. The number of fused-ring (bicyclic) bond motifs is 2. The molecule has 0 N–H and O–H groups in total. The number of hydrogen-bond acceptors (Lipinski definition) is 7. The van der Waals surface area contributed by atoms with E-state index in [1.54, 1.807) is 11.6 Å². The molecule has 1 fully saturated rings. The number of thiophene rings is 1. The highest BCUT2D eigenvalue weighted by molar-refractivity contribution is 7.91. The van der Waals surface area contributed by atoms with Gasteiger partial charge in [0.05, 0.1) is 29.7 Å². The summed E-state index contributed by atoms with van der Waals surface area (Å²) in [6.45, 7) is 7.74. The van der Waals surface area contributed by atoms with Crippen LogP contribution in [-0.4, -0.2) is 59.5 Å². The minimum Gasteiger partial charge on any atom is -0.370 e. The van der Waals surface area contributed by atoms with Crippen molar-refractivity contribution in [1.82, 2.24) is 19.9 Å². The van der Waals surface area contributed by atoms with Crippen LogP contribution in [-0.2, 0) is 46.1 Å². The van der Waals surface area contributed by atoms with Gasteiger partial charge in [-0.15, -0.1) is 16.4 Å². The predicted molar refractivity (Wildman–Crippen MR) is 114 cm³/mol. The molecule has 0 aromatic carbocycles. The van der Waals surface area contributed by atoms with Crippen LogP contribution in [0.3, 0.4) is 0 Å². The Labute approximate surface area is 177 Å². The fraction of sp³-hybridized carbons (Fsp3) is 0.700. The molecule has 2 aliphatic rings. The lowest BCUT2D eigenvalue weighted by molar-refractivity contribution is -0.0982. The summed E-state index contributed by atoms with van der Waals surface area (Å²) in [5, 5.41) is 7.89. The van der Waals surface area contributed by atoms with E-state index in [2.05, 4.69) is 28.2 Å². The third-order valence-corrected chi connectivity index (χ3v) is 9.17. The van der Waals surface area contributed by atoms with Gasteiger partial charge >= 0.3 is 0 Å². The zero-order valence-electron chi connectivity index (χ0n) is 17.4. The Hall–Kier alpha value is -1.29. The summed E-state index contributed by atoms with van der Waals surface area (Å²) in [6, 6.07) is 2.38. The van der Waals surface area contributed by atoms with Crippen LogP contribution in [0.15, 0.2) is 12.3 Å². The van der Waals surface area contributed by atoms with Gasteiger partial charge in [-0.3, -0.25) is 9.58 Å². The van der Waals surface area contributed by atoms with Gasteiger partial charge in [-0.1, -0.05) is 12.1 Å². The topological polar surface area (TPSA) is 77.3 Å². The summed E-state index contributed by atoms with van der Waals surface area (Å²) in [6.07, 6.45) is 7.26. The highest BCUT2D eigenvalue weighted by Crippen LogP contribution is 2.44. The fourth-order valence-corrected chi connectivity index (χ4v) is 5.86. The molecule has 0 saturated carbocycles. The van der Waals surface area contributed by atoms with Gasteiger partial charge in [0.1, 0.15) is 0 Å². The molecule has 1 saturated heterocycles. The third kappa shape index (κ3) is 4.42. The van der Waals surface area contributed by atoms with Crippen molar-refractivity contribution in [3.05, 3.63) is 33.3 Å². The molecule has 160 valence electrons. The van der Waals surface area contributed by atoms with E-state index in [0.717, 1.165) is 57.6 Å². The number of ether oxygens (including phenoxy) is 1. The van der Waals surface area contributed by atoms with Crippen LogP contribution in [0.1, 0.15) is 47.7 Å². The lowest BCUT2D eigenvalue weighted by Gasteiger charge is -2.44. The maximum absolute atomic E-state index is 11.6. The van der Waals surface area contributed by atoms with Gasteiger partial charge in [0.2, 0.25) is 0 Å². The highest BCUT2D eigenvalue weighted by atomic mass is 32.2. The van der Waals surface area contributed by atoms with E-state index >= 15 is 0 Å². The molecule has 0 bridgehead atoms. The van der Waals surface area contributed by atoms with E-state index in [-0.39, 0.29) is 5.60 Å². The van der Waals surface area contributed by atoms with Gasteiger partial charge in [-0.25, -0.2) is 8.42 Å². The quantitative estimate of drug-likeness (QED) is 0.689. The van der Waals surface area contributed by atoms with Crippen molar-refractivity contribution in [1.29, 1.82) is 0 Å². The monoisotopic (exact) mass is 438 g/mol. The summed E-state index contributed by atoms with van der Waals surface area (Å²) >= 11 is 1.96. The molecular formula is C20H30N4O3S2. The lowest BCUT2D eigenvalue weighted by Crippen LogP contribution is -2.45. The lowest BCUT2D eigenvalue weighted by atomic mass is 9.82. The van der Waals surface area contributed by atoms with E-state index in [1.165, 1.54) is 21.6 Å². The summed E-state index contributed by atoms with van der Waals surface area (Å²) in [7, 11) is -3.07. The first-order chi connectivity index (χ1) is 13.8. The average Bonchev–Trinajstić information content (AvgIpc) is 3.30. The zero-order chi connectivity index (χ0) is 20.6. The molecule has 7 nitrogen and oxygen atoms in total. The van der Waals surface area contributed by atoms with Crippen LogP contribution in [0.5, 0.6) is 0 Å². The molecule has 0 aliphatic carbocycles. The molecule has 0 amide bonds. The van der Waals surface area contributed by atoms with E-state index in [0.29, 0.717) is 6.54 Å². The molecule has 2 aliphatic heterocycles. The molecule has 4 rings (SSSR count). The molecule has 4 heterocycles. The first-order valence-corrected chi connectivity index (χ1v) is 13.1. The number of likely N-dealkylation sites (tertiary alicyclic amines) is 1. The van der Waals surface area contributed by atoms with Gasteiger partial charge in [-0.05, 0) is 37.8 Å². The molecule has 29 heavy (non-hydrogen) atoms. The minimum atomic E-state index is -3.07. The first-order valence-electron chi connectivity index (χ1n) is 10.4. The predicted octanol–water partition coefficient (Wildman–Crippen LogP) is 2.40. The number of nitrogens with zero attached hydrogens (tertiary/aromatic N) is 4. The molecule has 1 spiro atoms. The maximum atomic E-state index is 11.6. The van der Waals surface area contributed by atoms with Crippen LogP contribution in [0, 0.1) is 0 Å². The van der Waals surface area contributed by atoms with Gasteiger partial charge < -0.3 is 4.74 Å². The van der Waals surface area contributed by atoms with Crippen molar-refractivity contribution in [2.75, 3.05) is 26.0 Å². The molecule has 1 unspecified atom stereocenters.